The van der Waals surface area contributed by atoms with E-state index >= 15 is 0 Å². The number of carboxylic acid groups (broad SMARTS) is 1. The van der Waals surface area contributed by atoms with Gasteiger partial charge in [0.1, 0.15) is 0 Å². The van der Waals surface area contributed by atoms with Crippen LogP contribution in [0, 0.1) is 0 Å². The Hall–Kier alpha value is -1.68. The SMILES string of the molecule is COc1cc(/C=C\C(=O)O)cc(Cl)c1OC. The number of hydrogen-bond donors (Lipinski definition) is 1. The fourth-order valence-electron chi connectivity index (χ4n) is 1.20. The van der Waals surface area contributed by atoms with E-state index < -0.39 is 5.97 Å². The van der Waals surface area contributed by atoms with Gasteiger partial charge in [0.2, 0.25) is 0 Å². The Balaban J connectivity index is 3.15. The summed E-state index contributed by atoms with van der Waals surface area (Å²) in [7, 11) is 2.97. The minimum Gasteiger partial charge on any atom is -0.493 e. The lowest BCUT2D eigenvalue weighted by molar-refractivity contribution is -0.131. The van der Waals surface area contributed by atoms with E-state index in [1.165, 1.54) is 20.3 Å². The van der Waals surface area contributed by atoms with Crippen molar-refractivity contribution in [1.29, 1.82) is 0 Å². The average molecular weight is 243 g/mol. The largest absolute Gasteiger partial charge is 0.493 e. The summed E-state index contributed by atoms with van der Waals surface area (Å²) in [5, 5.41) is 8.86. The van der Waals surface area contributed by atoms with Crippen LogP contribution in [-0.4, -0.2) is 25.3 Å². The molecule has 0 atom stereocenters. The van der Waals surface area contributed by atoms with Gasteiger partial charge in [-0.15, -0.1) is 0 Å². The van der Waals surface area contributed by atoms with Crippen LogP contribution in [0.1, 0.15) is 5.56 Å². The molecule has 16 heavy (non-hydrogen) atoms. The first-order chi connectivity index (χ1) is 7.58. The third kappa shape index (κ3) is 2.90. The number of methoxy groups -OCH3 is 2. The Labute approximate surface area is 98.1 Å². The number of hydrogen-bond acceptors (Lipinski definition) is 3. The van der Waals surface area contributed by atoms with E-state index in [0.717, 1.165) is 6.08 Å². The molecule has 1 N–H and O–H groups in total. The Kier molecular flexibility index (Phi) is 4.19. The van der Waals surface area contributed by atoms with Crippen molar-refractivity contribution in [2.45, 2.75) is 0 Å². The van der Waals surface area contributed by atoms with E-state index in [-0.39, 0.29) is 0 Å². The maximum absolute atomic E-state index is 10.4. The van der Waals surface area contributed by atoms with E-state index in [9.17, 15) is 4.79 Å². The Morgan fingerprint density at radius 2 is 2.06 bits per heavy atom. The van der Waals surface area contributed by atoms with Crippen molar-refractivity contribution in [3.05, 3.63) is 28.8 Å². The molecule has 0 aliphatic carbocycles. The molecule has 4 nitrogen and oxygen atoms in total. The smallest absolute Gasteiger partial charge is 0.328 e. The molecule has 86 valence electrons. The number of carboxylic acids is 1. The molecule has 0 radical (unpaired) electrons. The number of rotatable bonds is 4. The molecule has 0 fully saturated rings. The highest BCUT2D eigenvalue weighted by molar-refractivity contribution is 6.32. The molecule has 0 bridgehead atoms. The van der Waals surface area contributed by atoms with Crippen LogP contribution in [0.25, 0.3) is 6.08 Å². The van der Waals surface area contributed by atoms with Crippen LogP contribution in [0.3, 0.4) is 0 Å². The van der Waals surface area contributed by atoms with Crippen LogP contribution in [0.4, 0.5) is 0 Å². The first kappa shape index (κ1) is 12.4. The maximum Gasteiger partial charge on any atom is 0.328 e. The highest BCUT2D eigenvalue weighted by Gasteiger charge is 2.09. The number of aliphatic carboxylic acids is 1. The second-order valence-electron chi connectivity index (χ2n) is 2.91. The van der Waals surface area contributed by atoms with Crippen LogP contribution >= 0.6 is 11.6 Å². The topological polar surface area (TPSA) is 55.8 Å². The van der Waals surface area contributed by atoms with Crippen LogP contribution < -0.4 is 9.47 Å². The Morgan fingerprint density at radius 3 is 2.56 bits per heavy atom. The van der Waals surface area contributed by atoms with E-state index in [1.54, 1.807) is 12.1 Å². The highest BCUT2D eigenvalue weighted by atomic mass is 35.5. The summed E-state index contributed by atoms with van der Waals surface area (Å²) in [4.78, 5) is 10.4. The van der Waals surface area contributed by atoms with Gasteiger partial charge in [0.25, 0.3) is 0 Å². The second kappa shape index (κ2) is 5.42. The van der Waals surface area contributed by atoms with E-state index in [1.807, 2.05) is 0 Å². The summed E-state index contributed by atoms with van der Waals surface area (Å²) < 4.78 is 10.1. The molecule has 0 spiro atoms. The minimum absolute atomic E-state index is 0.367. The lowest BCUT2D eigenvalue weighted by Gasteiger charge is -2.09. The van der Waals surface area contributed by atoms with Crippen molar-refractivity contribution in [3.63, 3.8) is 0 Å². The fraction of sp³-hybridized carbons (Fsp3) is 0.182. The quantitative estimate of drug-likeness (QED) is 0.824. The van der Waals surface area contributed by atoms with Gasteiger partial charge in [0.05, 0.1) is 19.2 Å². The van der Waals surface area contributed by atoms with E-state index in [2.05, 4.69) is 0 Å². The summed E-state index contributed by atoms with van der Waals surface area (Å²) in [5.74, 6) is -0.136. The molecule has 1 rings (SSSR count). The molecular weight excluding hydrogens is 232 g/mol. The molecule has 0 aromatic heterocycles. The molecule has 0 aliphatic heterocycles. The van der Waals surface area contributed by atoms with Gasteiger partial charge >= 0.3 is 5.97 Å². The zero-order valence-corrected chi connectivity index (χ0v) is 9.62. The maximum atomic E-state index is 10.4. The van der Waals surface area contributed by atoms with Crippen molar-refractivity contribution in [3.8, 4) is 11.5 Å². The van der Waals surface area contributed by atoms with Crippen LogP contribution in [0.15, 0.2) is 18.2 Å². The average Bonchev–Trinajstić information content (AvgIpc) is 2.25. The molecule has 1 aromatic carbocycles. The van der Waals surface area contributed by atoms with E-state index in [4.69, 9.17) is 26.2 Å². The third-order valence-corrected chi connectivity index (χ3v) is 2.16. The van der Waals surface area contributed by atoms with Crippen LogP contribution in [-0.2, 0) is 4.79 Å². The number of benzene rings is 1. The van der Waals surface area contributed by atoms with Gasteiger partial charge in [-0.2, -0.15) is 0 Å². The number of ether oxygens (including phenoxy) is 2. The van der Waals surface area contributed by atoms with Gasteiger partial charge in [0.15, 0.2) is 11.5 Å². The fourth-order valence-corrected chi connectivity index (χ4v) is 1.50. The predicted octanol–water partition coefficient (Wildman–Crippen LogP) is 2.46. The summed E-state index contributed by atoms with van der Waals surface area (Å²) in [5.41, 5.74) is 0.630. The predicted molar refractivity (Wildman–Crippen MR) is 61.2 cm³/mol. The van der Waals surface area contributed by atoms with Crippen molar-refractivity contribution in [2.24, 2.45) is 0 Å². The zero-order valence-electron chi connectivity index (χ0n) is 8.86. The molecule has 1 aromatic rings. The third-order valence-electron chi connectivity index (χ3n) is 1.87. The Morgan fingerprint density at radius 1 is 1.38 bits per heavy atom. The van der Waals surface area contributed by atoms with Gasteiger partial charge in [-0.3, -0.25) is 0 Å². The normalized spacial score (nSPS) is 10.4. The number of halogens is 1. The van der Waals surface area contributed by atoms with Gasteiger partial charge in [-0.1, -0.05) is 11.6 Å². The highest BCUT2D eigenvalue weighted by Crippen LogP contribution is 2.36. The van der Waals surface area contributed by atoms with Crippen molar-refractivity contribution in [1.82, 2.24) is 0 Å². The summed E-state index contributed by atoms with van der Waals surface area (Å²) in [6, 6.07) is 3.24. The first-order valence-electron chi connectivity index (χ1n) is 4.41. The van der Waals surface area contributed by atoms with Gasteiger partial charge in [-0.25, -0.2) is 4.79 Å². The van der Waals surface area contributed by atoms with Crippen molar-refractivity contribution < 1.29 is 19.4 Å². The molecule has 0 heterocycles. The van der Waals surface area contributed by atoms with Crippen LogP contribution in [0.5, 0.6) is 11.5 Å². The summed E-state index contributed by atoms with van der Waals surface area (Å²) >= 11 is 5.94. The molecule has 0 unspecified atom stereocenters. The summed E-state index contributed by atoms with van der Waals surface area (Å²) in [6.07, 6.45) is 2.45. The molecule has 0 saturated heterocycles. The van der Waals surface area contributed by atoms with Gasteiger partial charge < -0.3 is 14.6 Å². The number of carbonyl (C=O) groups is 1. The monoisotopic (exact) mass is 242 g/mol. The Bertz CT molecular complexity index is 426. The molecule has 0 saturated carbocycles. The lowest BCUT2D eigenvalue weighted by Crippen LogP contribution is -1.92. The van der Waals surface area contributed by atoms with Gasteiger partial charge in [0, 0.05) is 6.08 Å². The van der Waals surface area contributed by atoms with Crippen molar-refractivity contribution >= 4 is 23.6 Å². The lowest BCUT2D eigenvalue weighted by atomic mass is 10.2. The standard InChI is InChI=1S/C11H11ClO4/c1-15-9-6-7(3-4-10(13)14)5-8(12)11(9)16-2/h3-6H,1-2H3,(H,13,14)/b4-3-. The van der Waals surface area contributed by atoms with Crippen molar-refractivity contribution in [2.75, 3.05) is 14.2 Å². The minimum atomic E-state index is -1.02. The molecule has 0 amide bonds. The molecular formula is C11H11ClO4. The molecule has 0 aliphatic rings. The second-order valence-corrected chi connectivity index (χ2v) is 3.32. The first-order valence-corrected chi connectivity index (χ1v) is 4.78. The molecule has 5 heteroatoms. The summed E-state index contributed by atoms with van der Waals surface area (Å²) in [6.45, 7) is 0. The van der Waals surface area contributed by atoms with Gasteiger partial charge in [-0.05, 0) is 23.8 Å². The van der Waals surface area contributed by atoms with Crippen LogP contribution in [0.2, 0.25) is 5.02 Å². The zero-order chi connectivity index (χ0) is 12.1. The van der Waals surface area contributed by atoms with E-state index in [0.29, 0.717) is 22.1 Å².